The van der Waals surface area contributed by atoms with E-state index >= 15 is 0 Å². The van der Waals surface area contributed by atoms with Crippen LogP contribution in [-0.2, 0) is 0 Å². The summed E-state index contributed by atoms with van der Waals surface area (Å²) in [6.45, 7) is 4.59. The summed E-state index contributed by atoms with van der Waals surface area (Å²) in [6.07, 6.45) is 1.82. The lowest BCUT2D eigenvalue weighted by atomic mass is 10.2. The van der Waals surface area contributed by atoms with E-state index in [2.05, 4.69) is 27.8 Å². The predicted molar refractivity (Wildman–Crippen MR) is 90.3 cm³/mol. The Kier molecular flexibility index (Phi) is 5.39. The van der Waals surface area contributed by atoms with Gasteiger partial charge in [0.1, 0.15) is 0 Å². The average molecular weight is 348 g/mol. The quantitative estimate of drug-likeness (QED) is 0.719. The predicted octanol–water partition coefficient (Wildman–Crippen LogP) is 4.92. The van der Waals surface area contributed by atoms with E-state index in [0.717, 1.165) is 15.7 Å². The normalized spacial score (nSPS) is 10.9. The standard InChI is InChI=1S/C17H18BrNO2/c1-4-21-16-10-13(9-15(18)17(16)20-3)11-19-14-7-5-12(2)6-8-14/h5-11H,4H2,1-3H3. The Bertz CT molecular complexity index is 636. The van der Waals surface area contributed by atoms with E-state index in [-0.39, 0.29) is 0 Å². The third-order valence-corrected chi connectivity index (χ3v) is 3.52. The molecule has 0 fully saturated rings. The first-order valence-corrected chi connectivity index (χ1v) is 7.54. The van der Waals surface area contributed by atoms with Crippen LogP contribution in [-0.4, -0.2) is 19.9 Å². The number of rotatable bonds is 5. The summed E-state index contributed by atoms with van der Waals surface area (Å²) in [5.74, 6) is 1.41. The Labute approximate surface area is 133 Å². The number of halogens is 1. The van der Waals surface area contributed by atoms with Gasteiger partial charge in [-0.1, -0.05) is 17.7 Å². The van der Waals surface area contributed by atoms with Crippen molar-refractivity contribution in [3.8, 4) is 11.5 Å². The zero-order valence-corrected chi connectivity index (χ0v) is 14.0. The van der Waals surface area contributed by atoms with E-state index in [0.29, 0.717) is 18.1 Å². The molecule has 21 heavy (non-hydrogen) atoms. The summed E-state index contributed by atoms with van der Waals surface area (Å²) < 4.78 is 11.8. The average Bonchev–Trinajstić information content (AvgIpc) is 2.47. The van der Waals surface area contributed by atoms with Crippen LogP contribution in [0.1, 0.15) is 18.1 Å². The van der Waals surface area contributed by atoms with Crippen molar-refractivity contribution in [3.05, 3.63) is 52.0 Å². The maximum atomic E-state index is 5.60. The number of ether oxygens (including phenoxy) is 2. The second kappa shape index (κ2) is 7.27. The minimum atomic E-state index is 0.585. The van der Waals surface area contributed by atoms with Crippen LogP contribution in [0.2, 0.25) is 0 Å². The van der Waals surface area contributed by atoms with Crippen molar-refractivity contribution >= 4 is 27.8 Å². The van der Waals surface area contributed by atoms with Crippen molar-refractivity contribution in [1.29, 1.82) is 0 Å². The first-order valence-electron chi connectivity index (χ1n) is 6.75. The highest BCUT2D eigenvalue weighted by molar-refractivity contribution is 9.10. The number of hydrogen-bond acceptors (Lipinski definition) is 3. The fourth-order valence-electron chi connectivity index (χ4n) is 1.90. The molecule has 0 aliphatic heterocycles. The van der Waals surface area contributed by atoms with Crippen LogP contribution in [0, 0.1) is 6.92 Å². The van der Waals surface area contributed by atoms with Crippen molar-refractivity contribution in [2.24, 2.45) is 4.99 Å². The molecule has 0 saturated heterocycles. The molecule has 2 aromatic rings. The van der Waals surface area contributed by atoms with Crippen molar-refractivity contribution in [1.82, 2.24) is 0 Å². The van der Waals surface area contributed by atoms with Gasteiger partial charge in [0.2, 0.25) is 0 Å². The number of nitrogens with zero attached hydrogens (tertiary/aromatic N) is 1. The third-order valence-electron chi connectivity index (χ3n) is 2.93. The molecule has 0 N–H and O–H groups in total. The molecular weight excluding hydrogens is 330 g/mol. The van der Waals surface area contributed by atoms with Gasteiger partial charge >= 0.3 is 0 Å². The van der Waals surface area contributed by atoms with Crippen LogP contribution >= 0.6 is 15.9 Å². The largest absolute Gasteiger partial charge is 0.492 e. The van der Waals surface area contributed by atoms with E-state index < -0.39 is 0 Å². The van der Waals surface area contributed by atoms with Gasteiger partial charge < -0.3 is 9.47 Å². The van der Waals surface area contributed by atoms with Gasteiger partial charge in [-0.05, 0) is 59.6 Å². The molecule has 0 amide bonds. The van der Waals surface area contributed by atoms with Gasteiger partial charge in [0.15, 0.2) is 11.5 Å². The number of benzene rings is 2. The maximum absolute atomic E-state index is 5.60. The molecule has 110 valence electrons. The minimum absolute atomic E-state index is 0.585. The minimum Gasteiger partial charge on any atom is -0.492 e. The Morgan fingerprint density at radius 2 is 1.90 bits per heavy atom. The molecule has 0 aliphatic carbocycles. The lowest BCUT2D eigenvalue weighted by molar-refractivity contribution is 0.310. The molecule has 0 bridgehead atoms. The van der Waals surface area contributed by atoms with E-state index in [1.165, 1.54) is 5.56 Å². The van der Waals surface area contributed by atoms with Crippen LogP contribution in [0.4, 0.5) is 5.69 Å². The van der Waals surface area contributed by atoms with Crippen LogP contribution < -0.4 is 9.47 Å². The summed E-state index contributed by atoms with van der Waals surface area (Å²) in [5, 5.41) is 0. The SMILES string of the molecule is CCOc1cc(C=Nc2ccc(C)cc2)cc(Br)c1OC. The second-order valence-electron chi connectivity index (χ2n) is 4.56. The molecule has 4 heteroatoms. The molecule has 0 aliphatic rings. The third kappa shape index (κ3) is 4.08. The summed E-state index contributed by atoms with van der Waals surface area (Å²) >= 11 is 3.50. The summed E-state index contributed by atoms with van der Waals surface area (Å²) in [5.41, 5.74) is 3.09. The van der Waals surface area contributed by atoms with Crippen molar-refractivity contribution in [2.45, 2.75) is 13.8 Å². The van der Waals surface area contributed by atoms with Gasteiger partial charge in [-0.15, -0.1) is 0 Å². The second-order valence-corrected chi connectivity index (χ2v) is 5.42. The summed E-state index contributed by atoms with van der Waals surface area (Å²) in [6, 6.07) is 12.0. The molecule has 3 nitrogen and oxygen atoms in total. The lowest BCUT2D eigenvalue weighted by Crippen LogP contribution is -1.97. The fourth-order valence-corrected chi connectivity index (χ4v) is 2.53. The number of aryl methyl sites for hydroxylation is 1. The van der Waals surface area contributed by atoms with Crippen LogP contribution in [0.25, 0.3) is 0 Å². The Hall–Kier alpha value is -1.81. The summed E-state index contributed by atoms with van der Waals surface area (Å²) in [7, 11) is 1.63. The zero-order valence-electron chi connectivity index (χ0n) is 12.4. The number of hydrogen-bond donors (Lipinski definition) is 0. The molecular formula is C17H18BrNO2. The molecule has 2 aromatic carbocycles. The van der Waals surface area contributed by atoms with Crippen LogP contribution in [0.3, 0.4) is 0 Å². The van der Waals surface area contributed by atoms with Gasteiger partial charge in [0, 0.05) is 6.21 Å². The Morgan fingerprint density at radius 3 is 2.52 bits per heavy atom. The zero-order chi connectivity index (χ0) is 15.2. The van der Waals surface area contributed by atoms with Crippen LogP contribution in [0.15, 0.2) is 45.9 Å². The molecule has 0 aromatic heterocycles. The highest BCUT2D eigenvalue weighted by Crippen LogP contribution is 2.36. The van der Waals surface area contributed by atoms with E-state index in [9.17, 15) is 0 Å². The number of aliphatic imine (C=N–C) groups is 1. The maximum Gasteiger partial charge on any atom is 0.174 e. The Morgan fingerprint density at radius 1 is 1.19 bits per heavy atom. The van der Waals surface area contributed by atoms with Gasteiger partial charge in [0.25, 0.3) is 0 Å². The monoisotopic (exact) mass is 347 g/mol. The lowest BCUT2D eigenvalue weighted by Gasteiger charge is -2.11. The summed E-state index contributed by atoms with van der Waals surface area (Å²) in [4.78, 5) is 4.47. The molecule has 0 heterocycles. The fraction of sp³-hybridized carbons (Fsp3) is 0.235. The number of methoxy groups -OCH3 is 1. The van der Waals surface area contributed by atoms with Gasteiger partial charge in [-0.3, -0.25) is 4.99 Å². The smallest absolute Gasteiger partial charge is 0.174 e. The van der Waals surface area contributed by atoms with Crippen molar-refractivity contribution in [3.63, 3.8) is 0 Å². The van der Waals surface area contributed by atoms with E-state index in [1.54, 1.807) is 7.11 Å². The molecule has 2 rings (SSSR count). The highest BCUT2D eigenvalue weighted by atomic mass is 79.9. The Balaban J connectivity index is 2.29. The van der Waals surface area contributed by atoms with Crippen molar-refractivity contribution < 1.29 is 9.47 Å². The first-order chi connectivity index (χ1) is 10.1. The first kappa shape index (κ1) is 15.6. The highest BCUT2D eigenvalue weighted by Gasteiger charge is 2.10. The van der Waals surface area contributed by atoms with Crippen LogP contribution in [0.5, 0.6) is 11.5 Å². The topological polar surface area (TPSA) is 30.8 Å². The molecule has 0 spiro atoms. The van der Waals surface area contributed by atoms with E-state index in [1.807, 2.05) is 49.5 Å². The van der Waals surface area contributed by atoms with E-state index in [4.69, 9.17) is 9.47 Å². The molecule has 0 unspecified atom stereocenters. The molecule has 0 atom stereocenters. The molecule has 0 saturated carbocycles. The van der Waals surface area contributed by atoms with Gasteiger partial charge in [0.05, 0.1) is 23.9 Å². The van der Waals surface area contributed by atoms with Gasteiger partial charge in [-0.2, -0.15) is 0 Å². The van der Waals surface area contributed by atoms with Crippen molar-refractivity contribution in [2.75, 3.05) is 13.7 Å². The molecule has 0 radical (unpaired) electrons. The van der Waals surface area contributed by atoms with Gasteiger partial charge in [-0.25, -0.2) is 0 Å².